The van der Waals surface area contributed by atoms with Gasteiger partial charge in [-0.3, -0.25) is 10.1 Å². The normalized spacial score (nSPS) is 10.1. The van der Waals surface area contributed by atoms with Crippen molar-refractivity contribution in [2.75, 3.05) is 5.32 Å². The number of hydrogen-bond acceptors (Lipinski definition) is 6. The van der Waals surface area contributed by atoms with Gasteiger partial charge in [-0.25, -0.2) is 9.78 Å². The van der Waals surface area contributed by atoms with Gasteiger partial charge in [-0.05, 0) is 11.4 Å². The van der Waals surface area contributed by atoms with Gasteiger partial charge < -0.3 is 10.4 Å². The summed E-state index contributed by atoms with van der Waals surface area (Å²) < 4.78 is 0. The second kappa shape index (κ2) is 5.44. The minimum absolute atomic E-state index is 0.117. The first-order valence-electron chi connectivity index (χ1n) is 5.22. The number of nitrogens with one attached hydrogen (secondary N) is 1. The van der Waals surface area contributed by atoms with Crippen LogP contribution in [0.25, 0.3) is 0 Å². The lowest BCUT2D eigenvalue weighted by Crippen LogP contribution is -2.08. The largest absolute Gasteiger partial charge is 0.478 e. The Kier molecular flexibility index (Phi) is 3.71. The summed E-state index contributed by atoms with van der Waals surface area (Å²) in [6.45, 7) is 0.419. The Morgan fingerprint density at radius 1 is 1.58 bits per heavy atom. The van der Waals surface area contributed by atoms with Crippen LogP contribution in [-0.2, 0) is 6.54 Å². The first-order chi connectivity index (χ1) is 9.08. The first-order valence-corrected chi connectivity index (χ1v) is 6.10. The standard InChI is InChI=1S/C11H9N3O4S/c15-11(16)9-4-7(14(17)18)5-12-10(9)13-6-8-2-1-3-19-8/h1-5H,6H2,(H,12,13)(H,15,16). The number of hydrogen-bond donors (Lipinski definition) is 2. The average molecular weight is 279 g/mol. The molecule has 98 valence electrons. The van der Waals surface area contributed by atoms with Crippen LogP contribution in [0.2, 0.25) is 0 Å². The summed E-state index contributed by atoms with van der Waals surface area (Å²) in [4.78, 5) is 25.8. The zero-order valence-electron chi connectivity index (χ0n) is 9.57. The monoisotopic (exact) mass is 279 g/mol. The summed E-state index contributed by atoms with van der Waals surface area (Å²) in [6.07, 6.45) is 1.03. The average Bonchev–Trinajstić information content (AvgIpc) is 2.89. The van der Waals surface area contributed by atoms with Crippen LogP contribution in [0.15, 0.2) is 29.8 Å². The Bertz CT molecular complexity index is 612. The van der Waals surface area contributed by atoms with E-state index < -0.39 is 10.9 Å². The summed E-state index contributed by atoms with van der Waals surface area (Å²) in [5, 5.41) is 24.4. The van der Waals surface area contributed by atoms with Gasteiger partial charge in [0.1, 0.15) is 17.6 Å². The van der Waals surface area contributed by atoms with E-state index >= 15 is 0 Å². The van der Waals surface area contributed by atoms with Crippen molar-refractivity contribution in [2.24, 2.45) is 0 Å². The third-order valence-corrected chi connectivity index (χ3v) is 3.20. The third kappa shape index (κ3) is 3.05. The molecule has 0 amide bonds. The van der Waals surface area contributed by atoms with Gasteiger partial charge in [-0.1, -0.05) is 6.07 Å². The van der Waals surface area contributed by atoms with Gasteiger partial charge in [0.2, 0.25) is 0 Å². The number of carbonyl (C=O) groups is 1. The number of carboxylic acids is 1. The molecule has 0 aliphatic heterocycles. The topological polar surface area (TPSA) is 105 Å². The summed E-state index contributed by atoms with van der Waals surface area (Å²) in [5.74, 6) is -1.14. The maximum atomic E-state index is 11.1. The van der Waals surface area contributed by atoms with Gasteiger partial charge in [0.25, 0.3) is 5.69 Å². The zero-order valence-corrected chi connectivity index (χ0v) is 10.4. The summed E-state index contributed by atoms with van der Waals surface area (Å²) in [6, 6.07) is 4.76. The second-order valence-electron chi connectivity index (χ2n) is 3.58. The lowest BCUT2D eigenvalue weighted by molar-refractivity contribution is -0.385. The van der Waals surface area contributed by atoms with Gasteiger partial charge >= 0.3 is 5.97 Å². The number of pyridine rings is 1. The Balaban J connectivity index is 2.24. The summed E-state index contributed by atoms with van der Waals surface area (Å²) >= 11 is 1.52. The van der Waals surface area contributed by atoms with Crippen molar-refractivity contribution >= 4 is 28.8 Å². The van der Waals surface area contributed by atoms with Crippen LogP contribution in [0.5, 0.6) is 0 Å². The van der Waals surface area contributed by atoms with Crippen molar-refractivity contribution in [1.29, 1.82) is 0 Å². The van der Waals surface area contributed by atoms with E-state index in [0.29, 0.717) is 6.54 Å². The van der Waals surface area contributed by atoms with Crippen molar-refractivity contribution < 1.29 is 14.8 Å². The molecule has 0 saturated carbocycles. The summed E-state index contributed by atoms with van der Waals surface area (Å²) in [5.41, 5.74) is -0.565. The van der Waals surface area contributed by atoms with Crippen LogP contribution in [0.4, 0.5) is 11.5 Å². The fraction of sp³-hybridized carbons (Fsp3) is 0.0909. The molecule has 19 heavy (non-hydrogen) atoms. The molecule has 0 aliphatic carbocycles. The quantitative estimate of drug-likeness (QED) is 0.643. The smallest absolute Gasteiger partial charge is 0.339 e. The molecule has 0 atom stereocenters. The van der Waals surface area contributed by atoms with Gasteiger partial charge in [-0.15, -0.1) is 11.3 Å². The first kappa shape index (κ1) is 13.0. The van der Waals surface area contributed by atoms with Gasteiger partial charge in [-0.2, -0.15) is 0 Å². The highest BCUT2D eigenvalue weighted by Gasteiger charge is 2.17. The minimum Gasteiger partial charge on any atom is -0.478 e. The third-order valence-electron chi connectivity index (χ3n) is 2.32. The van der Waals surface area contributed by atoms with Gasteiger partial charge in [0, 0.05) is 10.9 Å². The molecule has 0 saturated heterocycles. The van der Waals surface area contributed by atoms with E-state index in [0.717, 1.165) is 17.1 Å². The zero-order chi connectivity index (χ0) is 13.8. The van der Waals surface area contributed by atoms with Crippen LogP contribution < -0.4 is 5.32 Å². The van der Waals surface area contributed by atoms with Crippen molar-refractivity contribution in [1.82, 2.24) is 4.98 Å². The number of anilines is 1. The SMILES string of the molecule is O=C(O)c1cc([N+](=O)[O-])cnc1NCc1cccs1. The van der Waals surface area contributed by atoms with E-state index in [9.17, 15) is 14.9 Å². The van der Waals surface area contributed by atoms with Gasteiger partial charge in [0.15, 0.2) is 0 Å². The highest BCUT2D eigenvalue weighted by molar-refractivity contribution is 7.09. The van der Waals surface area contributed by atoms with Crippen LogP contribution in [-0.4, -0.2) is 21.0 Å². The van der Waals surface area contributed by atoms with Crippen molar-refractivity contribution in [2.45, 2.75) is 6.54 Å². The Hall–Kier alpha value is -2.48. The number of nitro groups is 1. The lowest BCUT2D eigenvalue weighted by Gasteiger charge is -2.07. The molecule has 0 spiro atoms. The number of thiophene rings is 1. The highest BCUT2D eigenvalue weighted by Crippen LogP contribution is 2.20. The fourth-order valence-corrected chi connectivity index (χ4v) is 2.09. The molecule has 0 radical (unpaired) electrons. The molecule has 8 heteroatoms. The van der Waals surface area contributed by atoms with Crippen molar-refractivity contribution in [3.8, 4) is 0 Å². The molecule has 0 fully saturated rings. The summed E-state index contributed by atoms with van der Waals surface area (Å²) in [7, 11) is 0. The van der Waals surface area contributed by atoms with Gasteiger partial charge in [0.05, 0.1) is 11.5 Å². The molecular weight excluding hydrogens is 270 g/mol. The molecule has 2 aromatic rings. The second-order valence-corrected chi connectivity index (χ2v) is 4.62. The highest BCUT2D eigenvalue weighted by atomic mass is 32.1. The van der Waals surface area contributed by atoms with E-state index in [1.807, 2.05) is 17.5 Å². The van der Waals surface area contributed by atoms with Crippen LogP contribution >= 0.6 is 11.3 Å². The van der Waals surface area contributed by atoms with E-state index in [1.165, 1.54) is 11.3 Å². The molecular formula is C11H9N3O4S. The Morgan fingerprint density at radius 2 is 2.37 bits per heavy atom. The number of carboxylic acid groups (broad SMARTS) is 1. The van der Waals surface area contributed by atoms with E-state index in [-0.39, 0.29) is 17.1 Å². The Morgan fingerprint density at radius 3 is 2.95 bits per heavy atom. The predicted octanol–water partition coefficient (Wildman–Crippen LogP) is 2.36. The number of rotatable bonds is 5. The molecule has 7 nitrogen and oxygen atoms in total. The van der Waals surface area contributed by atoms with E-state index in [4.69, 9.17) is 5.11 Å². The molecule has 2 heterocycles. The number of aromatic carboxylic acids is 1. The maximum absolute atomic E-state index is 11.1. The van der Waals surface area contributed by atoms with E-state index in [2.05, 4.69) is 10.3 Å². The molecule has 2 aromatic heterocycles. The fourth-order valence-electron chi connectivity index (χ4n) is 1.44. The number of aromatic nitrogens is 1. The molecule has 0 unspecified atom stereocenters. The number of nitrogens with zero attached hydrogens (tertiary/aromatic N) is 2. The van der Waals surface area contributed by atoms with Crippen LogP contribution in [0.1, 0.15) is 15.2 Å². The molecule has 0 bridgehead atoms. The van der Waals surface area contributed by atoms with Crippen molar-refractivity contribution in [3.63, 3.8) is 0 Å². The molecule has 0 aromatic carbocycles. The maximum Gasteiger partial charge on any atom is 0.339 e. The van der Waals surface area contributed by atoms with Crippen LogP contribution in [0.3, 0.4) is 0 Å². The lowest BCUT2D eigenvalue weighted by atomic mass is 10.2. The van der Waals surface area contributed by atoms with E-state index in [1.54, 1.807) is 0 Å². The Labute approximate surface area is 111 Å². The molecule has 2 N–H and O–H groups in total. The molecule has 2 rings (SSSR count). The van der Waals surface area contributed by atoms with Crippen molar-refractivity contribution in [3.05, 3.63) is 50.3 Å². The van der Waals surface area contributed by atoms with Crippen LogP contribution in [0, 0.1) is 10.1 Å². The molecule has 0 aliphatic rings. The predicted molar refractivity (Wildman–Crippen MR) is 69.5 cm³/mol. The minimum atomic E-state index is -1.26.